The highest BCUT2D eigenvalue weighted by atomic mass is 16.6. The molecule has 0 aromatic heterocycles. The van der Waals surface area contributed by atoms with Crippen molar-refractivity contribution in [1.82, 2.24) is 4.90 Å². The Kier molecular flexibility index (Phi) is 5.53. The van der Waals surface area contributed by atoms with Crippen LogP contribution in [0.4, 0.5) is 4.79 Å². The molecule has 152 valence electrons. The van der Waals surface area contributed by atoms with Crippen LogP contribution in [0.15, 0.2) is 91.0 Å². The van der Waals surface area contributed by atoms with Crippen LogP contribution in [-0.4, -0.2) is 22.5 Å². The smallest absolute Gasteiger partial charge is 0.414 e. The van der Waals surface area contributed by atoms with E-state index in [-0.39, 0.29) is 6.61 Å². The molecule has 1 fully saturated rings. The SMILES string of the molecule is CC1(Cc2ccccc2)C(=O)OC(c2ccccc2)N1C(=O)OCc1ccccc1. The molecule has 0 saturated carbocycles. The Bertz CT molecular complexity index is 1010. The summed E-state index contributed by atoms with van der Waals surface area (Å²) in [5.74, 6) is -0.447. The van der Waals surface area contributed by atoms with Gasteiger partial charge in [0.15, 0.2) is 0 Å². The summed E-state index contributed by atoms with van der Waals surface area (Å²) in [4.78, 5) is 27.7. The van der Waals surface area contributed by atoms with Crippen molar-refractivity contribution in [2.75, 3.05) is 0 Å². The molecule has 2 atom stereocenters. The van der Waals surface area contributed by atoms with Gasteiger partial charge < -0.3 is 9.47 Å². The first-order valence-electron chi connectivity index (χ1n) is 9.88. The maximum Gasteiger partial charge on any atom is 0.414 e. The molecule has 1 aliphatic rings. The van der Waals surface area contributed by atoms with Crippen LogP contribution >= 0.6 is 0 Å². The van der Waals surface area contributed by atoms with Gasteiger partial charge in [0.2, 0.25) is 6.23 Å². The fourth-order valence-electron chi connectivity index (χ4n) is 3.71. The van der Waals surface area contributed by atoms with Crippen molar-refractivity contribution >= 4 is 12.1 Å². The number of hydrogen-bond donors (Lipinski definition) is 0. The predicted octanol–water partition coefficient (Wildman–Crippen LogP) is 4.88. The minimum absolute atomic E-state index is 0.118. The number of amides is 1. The summed E-state index contributed by atoms with van der Waals surface area (Å²) in [5, 5.41) is 0. The summed E-state index contributed by atoms with van der Waals surface area (Å²) in [7, 11) is 0. The van der Waals surface area contributed by atoms with E-state index in [1.807, 2.05) is 91.0 Å². The van der Waals surface area contributed by atoms with E-state index in [0.29, 0.717) is 6.42 Å². The first-order valence-corrected chi connectivity index (χ1v) is 9.88. The van der Waals surface area contributed by atoms with Gasteiger partial charge in [-0.15, -0.1) is 0 Å². The van der Waals surface area contributed by atoms with Crippen molar-refractivity contribution in [2.45, 2.75) is 31.7 Å². The van der Waals surface area contributed by atoms with Gasteiger partial charge in [0, 0.05) is 12.0 Å². The number of esters is 1. The first kappa shape index (κ1) is 19.7. The second-order valence-corrected chi connectivity index (χ2v) is 7.51. The van der Waals surface area contributed by atoms with Crippen LogP contribution in [-0.2, 0) is 27.3 Å². The van der Waals surface area contributed by atoms with Gasteiger partial charge in [-0.25, -0.2) is 9.59 Å². The molecule has 0 bridgehead atoms. The van der Waals surface area contributed by atoms with Crippen LogP contribution in [0.25, 0.3) is 0 Å². The molecule has 5 heteroatoms. The topological polar surface area (TPSA) is 55.8 Å². The Morgan fingerprint density at radius 3 is 2.03 bits per heavy atom. The van der Waals surface area contributed by atoms with E-state index in [0.717, 1.165) is 16.7 Å². The lowest BCUT2D eigenvalue weighted by Crippen LogP contribution is -2.51. The normalized spacial score (nSPS) is 20.6. The third kappa shape index (κ3) is 3.92. The molecule has 3 aromatic rings. The van der Waals surface area contributed by atoms with E-state index < -0.39 is 23.8 Å². The third-order valence-corrected chi connectivity index (χ3v) is 5.30. The molecule has 1 saturated heterocycles. The van der Waals surface area contributed by atoms with Crippen molar-refractivity contribution in [2.24, 2.45) is 0 Å². The zero-order chi connectivity index (χ0) is 21.0. The Labute approximate surface area is 175 Å². The molecule has 30 heavy (non-hydrogen) atoms. The van der Waals surface area contributed by atoms with E-state index in [2.05, 4.69) is 0 Å². The van der Waals surface area contributed by atoms with Gasteiger partial charge in [-0.3, -0.25) is 4.90 Å². The molecule has 1 amide bonds. The van der Waals surface area contributed by atoms with Gasteiger partial charge in [0.1, 0.15) is 12.1 Å². The average Bonchev–Trinajstić information content (AvgIpc) is 3.04. The number of benzene rings is 3. The van der Waals surface area contributed by atoms with Crippen molar-refractivity contribution in [3.63, 3.8) is 0 Å². The highest BCUT2D eigenvalue weighted by Crippen LogP contribution is 2.40. The second-order valence-electron chi connectivity index (χ2n) is 7.51. The molecule has 0 spiro atoms. The molecule has 1 heterocycles. The van der Waals surface area contributed by atoms with Gasteiger partial charge in [0.25, 0.3) is 0 Å². The molecular weight excluding hydrogens is 378 g/mol. The number of carbonyl (C=O) groups is 2. The second kappa shape index (κ2) is 8.41. The quantitative estimate of drug-likeness (QED) is 0.572. The van der Waals surface area contributed by atoms with E-state index in [4.69, 9.17) is 9.47 Å². The molecule has 2 unspecified atom stereocenters. The molecule has 3 aromatic carbocycles. The highest BCUT2D eigenvalue weighted by molar-refractivity contribution is 5.89. The third-order valence-electron chi connectivity index (χ3n) is 5.30. The molecule has 4 rings (SSSR count). The Hall–Kier alpha value is -3.60. The molecule has 0 radical (unpaired) electrons. The molecule has 5 nitrogen and oxygen atoms in total. The van der Waals surface area contributed by atoms with E-state index in [1.165, 1.54) is 4.90 Å². The van der Waals surface area contributed by atoms with E-state index in [9.17, 15) is 9.59 Å². The maximum absolute atomic E-state index is 13.2. The molecular formula is C25H23NO4. The zero-order valence-corrected chi connectivity index (χ0v) is 16.7. The van der Waals surface area contributed by atoms with Crippen LogP contribution in [0, 0.1) is 0 Å². The standard InChI is InChI=1S/C25H23NO4/c1-25(17-19-11-5-2-6-12-19)23(27)30-22(21-15-9-4-10-16-21)26(25)24(28)29-18-20-13-7-3-8-14-20/h2-16,22H,17-18H2,1H3. The number of hydrogen-bond acceptors (Lipinski definition) is 4. The van der Waals surface area contributed by atoms with E-state index >= 15 is 0 Å². The monoisotopic (exact) mass is 401 g/mol. The minimum Gasteiger partial charge on any atom is -0.444 e. The van der Waals surface area contributed by atoms with E-state index in [1.54, 1.807) is 6.92 Å². The Morgan fingerprint density at radius 2 is 1.43 bits per heavy atom. The largest absolute Gasteiger partial charge is 0.444 e. The maximum atomic E-state index is 13.2. The fraction of sp³-hybridized carbons (Fsp3) is 0.200. The average molecular weight is 401 g/mol. The van der Waals surface area contributed by atoms with Gasteiger partial charge in [-0.1, -0.05) is 91.0 Å². The number of carbonyl (C=O) groups excluding carboxylic acids is 2. The van der Waals surface area contributed by atoms with Crippen molar-refractivity contribution in [1.29, 1.82) is 0 Å². The van der Waals surface area contributed by atoms with Gasteiger partial charge in [-0.2, -0.15) is 0 Å². The van der Waals surface area contributed by atoms with Crippen LogP contribution < -0.4 is 0 Å². The van der Waals surface area contributed by atoms with Gasteiger partial charge in [0.05, 0.1) is 0 Å². The summed E-state index contributed by atoms with van der Waals surface area (Å²) in [6.45, 7) is 1.85. The lowest BCUT2D eigenvalue weighted by Gasteiger charge is -2.32. The summed E-state index contributed by atoms with van der Waals surface area (Å²) in [6.07, 6.45) is -1.09. The van der Waals surface area contributed by atoms with Crippen LogP contribution in [0.3, 0.4) is 0 Å². The summed E-state index contributed by atoms with van der Waals surface area (Å²) >= 11 is 0. The number of cyclic esters (lactones) is 1. The zero-order valence-electron chi connectivity index (χ0n) is 16.7. The predicted molar refractivity (Wildman–Crippen MR) is 112 cm³/mol. The number of nitrogens with zero attached hydrogens (tertiary/aromatic N) is 1. The lowest BCUT2D eigenvalue weighted by molar-refractivity contribution is -0.145. The molecule has 1 aliphatic heterocycles. The molecule has 0 N–H and O–H groups in total. The van der Waals surface area contributed by atoms with Crippen molar-refractivity contribution in [3.05, 3.63) is 108 Å². The number of rotatable bonds is 5. The first-order chi connectivity index (χ1) is 14.6. The van der Waals surface area contributed by atoms with Gasteiger partial charge in [-0.05, 0) is 18.1 Å². The van der Waals surface area contributed by atoms with Crippen LogP contribution in [0.2, 0.25) is 0 Å². The van der Waals surface area contributed by atoms with Crippen molar-refractivity contribution in [3.8, 4) is 0 Å². The Balaban J connectivity index is 1.65. The summed E-state index contributed by atoms with van der Waals surface area (Å²) < 4.78 is 11.3. The number of ether oxygens (including phenoxy) is 2. The van der Waals surface area contributed by atoms with Crippen LogP contribution in [0.1, 0.15) is 29.8 Å². The van der Waals surface area contributed by atoms with Crippen molar-refractivity contribution < 1.29 is 19.1 Å². The molecule has 0 aliphatic carbocycles. The summed E-state index contributed by atoms with van der Waals surface area (Å²) in [5.41, 5.74) is 1.35. The van der Waals surface area contributed by atoms with Gasteiger partial charge >= 0.3 is 12.1 Å². The lowest BCUT2D eigenvalue weighted by atomic mass is 9.91. The summed E-state index contributed by atoms with van der Waals surface area (Å²) in [6, 6.07) is 28.3. The highest BCUT2D eigenvalue weighted by Gasteiger charge is 2.55. The minimum atomic E-state index is -1.18. The Morgan fingerprint density at radius 1 is 0.900 bits per heavy atom. The van der Waals surface area contributed by atoms with Crippen LogP contribution in [0.5, 0.6) is 0 Å². The fourth-order valence-corrected chi connectivity index (χ4v) is 3.71.